The van der Waals surface area contributed by atoms with Crippen molar-refractivity contribution in [1.82, 2.24) is 9.97 Å². The summed E-state index contributed by atoms with van der Waals surface area (Å²) in [4.78, 5) is 6.92. The van der Waals surface area contributed by atoms with Crippen molar-refractivity contribution in [2.24, 2.45) is 0 Å². The summed E-state index contributed by atoms with van der Waals surface area (Å²) in [6, 6.07) is 8.21. The maximum atomic E-state index is 5.48. The molecule has 0 aliphatic carbocycles. The lowest BCUT2D eigenvalue weighted by atomic mass is 10.1. The number of hydrogen-bond donors (Lipinski definition) is 2. The molecule has 3 N–H and O–H groups in total. The van der Waals surface area contributed by atoms with Gasteiger partial charge in [-0.1, -0.05) is 29.8 Å². The van der Waals surface area contributed by atoms with Gasteiger partial charge in [0.05, 0.1) is 11.9 Å². The number of nitrogens with two attached hydrogens (primary N) is 1. The topological polar surface area (TPSA) is 54.7 Å². The van der Waals surface area contributed by atoms with E-state index in [2.05, 4.69) is 29.0 Å². The van der Waals surface area contributed by atoms with Gasteiger partial charge in [-0.25, -0.2) is 4.98 Å². The minimum absolute atomic E-state index is 0.454. The standard InChI is InChI=1S/C10H11N3/c1-7-2-4-8(5-3-7)9-6-12-10(11)13-9/h2-6H,1H3,(H3,11,12,13). The summed E-state index contributed by atoms with van der Waals surface area (Å²) >= 11 is 0. The zero-order chi connectivity index (χ0) is 9.26. The van der Waals surface area contributed by atoms with Crippen molar-refractivity contribution in [3.05, 3.63) is 36.0 Å². The number of rotatable bonds is 1. The van der Waals surface area contributed by atoms with E-state index in [4.69, 9.17) is 5.73 Å². The van der Waals surface area contributed by atoms with Crippen LogP contribution in [-0.4, -0.2) is 9.97 Å². The highest BCUT2D eigenvalue weighted by atomic mass is 15.0. The maximum Gasteiger partial charge on any atom is 0.197 e. The van der Waals surface area contributed by atoms with E-state index in [9.17, 15) is 0 Å². The molecular formula is C10H11N3. The Hall–Kier alpha value is -1.77. The van der Waals surface area contributed by atoms with E-state index >= 15 is 0 Å². The molecule has 0 atom stereocenters. The first-order valence-electron chi connectivity index (χ1n) is 4.13. The molecule has 0 radical (unpaired) electrons. The van der Waals surface area contributed by atoms with E-state index in [1.807, 2.05) is 12.1 Å². The number of nitrogen functional groups attached to an aromatic ring is 1. The van der Waals surface area contributed by atoms with Gasteiger partial charge in [0.25, 0.3) is 0 Å². The van der Waals surface area contributed by atoms with Crippen molar-refractivity contribution in [3.63, 3.8) is 0 Å². The summed E-state index contributed by atoms with van der Waals surface area (Å²) in [6.45, 7) is 2.06. The Morgan fingerprint density at radius 3 is 2.46 bits per heavy atom. The van der Waals surface area contributed by atoms with Crippen molar-refractivity contribution in [2.75, 3.05) is 5.73 Å². The van der Waals surface area contributed by atoms with Crippen LogP contribution in [0, 0.1) is 6.92 Å². The highest BCUT2D eigenvalue weighted by Gasteiger charge is 1.99. The van der Waals surface area contributed by atoms with Gasteiger partial charge in [-0.3, -0.25) is 0 Å². The number of nitrogens with one attached hydrogen (secondary N) is 1. The minimum atomic E-state index is 0.454. The lowest BCUT2D eigenvalue weighted by Gasteiger charge is -1.97. The predicted octanol–water partition coefficient (Wildman–Crippen LogP) is 1.97. The van der Waals surface area contributed by atoms with E-state index in [1.54, 1.807) is 6.20 Å². The molecule has 0 unspecified atom stereocenters. The first kappa shape index (κ1) is 7.86. The van der Waals surface area contributed by atoms with Crippen LogP contribution >= 0.6 is 0 Å². The van der Waals surface area contributed by atoms with Gasteiger partial charge < -0.3 is 10.7 Å². The van der Waals surface area contributed by atoms with Gasteiger partial charge in [-0.2, -0.15) is 0 Å². The van der Waals surface area contributed by atoms with Crippen LogP contribution in [-0.2, 0) is 0 Å². The zero-order valence-corrected chi connectivity index (χ0v) is 7.41. The molecule has 0 saturated carbocycles. The normalized spacial score (nSPS) is 10.2. The van der Waals surface area contributed by atoms with Gasteiger partial charge in [-0.15, -0.1) is 0 Å². The van der Waals surface area contributed by atoms with Gasteiger partial charge in [0.15, 0.2) is 5.95 Å². The zero-order valence-electron chi connectivity index (χ0n) is 7.41. The second-order valence-corrected chi connectivity index (χ2v) is 3.05. The smallest absolute Gasteiger partial charge is 0.197 e. The molecule has 0 amide bonds. The molecule has 0 saturated heterocycles. The lowest BCUT2D eigenvalue weighted by molar-refractivity contribution is 1.32. The molecule has 2 rings (SSSR count). The number of aromatic amines is 1. The fraction of sp³-hybridized carbons (Fsp3) is 0.100. The Labute approximate surface area is 76.6 Å². The first-order valence-corrected chi connectivity index (χ1v) is 4.13. The third-order valence-electron chi connectivity index (χ3n) is 1.96. The molecule has 0 aliphatic rings. The van der Waals surface area contributed by atoms with Crippen LogP contribution in [0.3, 0.4) is 0 Å². The molecule has 3 heteroatoms. The van der Waals surface area contributed by atoms with Crippen LogP contribution in [0.1, 0.15) is 5.56 Å². The van der Waals surface area contributed by atoms with Crippen LogP contribution in [0.15, 0.2) is 30.5 Å². The summed E-state index contributed by atoms with van der Waals surface area (Å²) in [6.07, 6.45) is 1.74. The molecule has 66 valence electrons. The summed E-state index contributed by atoms with van der Waals surface area (Å²) in [5.41, 5.74) is 8.79. The Balaban J connectivity index is 2.41. The molecule has 3 nitrogen and oxygen atoms in total. The van der Waals surface area contributed by atoms with Crippen molar-refractivity contribution >= 4 is 5.95 Å². The summed E-state index contributed by atoms with van der Waals surface area (Å²) in [7, 11) is 0. The second kappa shape index (κ2) is 2.94. The SMILES string of the molecule is Cc1ccc(-c2cnc(N)[nH]2)cc1. The van der Waals surface area contributed by atoms with Crippen LogP contribution in [0.25, 0.3) is 11.3 Å². The number of H-pyrrole nitrogens is 1. The quantitative estimate of drug-likeness (QED) is 0.692. The average Bonchev–Trinajstić information content (AvgIpc) is 2.53. The van der Waals surface area contributed by atoms with Crippen LogP contribution in [0.4, 0.5) is 5.95 Å². The Kier molecular flexibility index (Phi) is 1.77. The fourth-order valence-electron chi connectivity index (χ4n) is 1.22. The van der Waals surface area contributed by atoms with Gasteiger partial charge in [0, 0.05) is 0 Å². The van der Waals surface area contributed by atoms with E-state index in [0.29, 0.717) is 5.95 Å². The Morgan fingerprint density at radius 2 is 1.92 bits per heavy atom. The van der Waals surface area contributed by atoms with Crippen LogP contribution in [0.5, 0.6) is 0 Å². The molecule has 0 bridgehead atoms. The largest absolute Gasteiger partial charge is 0.369 e. The predicted molar refractivity (Wildman–Crippen MR) is 53.2 cm³/mol. The fourth-order valence-corrected chi connectivity index (χ4v) is 1.22. The monoisotopic (exact) mass is 173 g/mol. The summed E-state index contributed by atoms with van der Waals surface area (Å²) in [5.74, 6) is 0.454. The molecule has 1 aromatic carbocycles. The number of hydrogen-bond acceptors (Lipinski definition) is 2. The number of aryl methyl sites for hydroxylation is 1. The van der Waals surface area contributed by atoms with E-state index in [0.717, 1.165) is 11.3 Å². The molecular weight excluding hydrogens is 162 g/mol. The van der Waals surface area contributed by atoms with E-state index in [1.165, 1.54) is 5.56 Å². The third kappa shape index (κ3) is 1.54. The van der Waals surface area contributed by atoms with Gasteiger partial charge in [0.1, 0.15) is 0 Å². The van der Waals surface area contributed by atoms with E-state index < -0.39 is 0 Å². The van der Waals surface area contributed by atoms with Crippen LogP contribution < -0.4 is 5.73 Å². The van der Waals surface area contributed by atoms with Crippen LogP contribution in [0.2, 0.25) is 0 Å². The third-order valence-corrected chi connectivity index (χ3v) is 1.96. The van der Waals surface area contributed by atoms with E-state index in [-0.39, 0.29) is 0 Å². The summed E-state index contributed by atoms with van der Waals surface area (Å²) in [5, 5.41) is 0. The van der Waals surface area contributed by atoms with Gasteiger partial charge in [-0.05, 0) is 12.5 Å². The first-order chi connectivity index (χ1) is 6.25. The molecule has 1 aromatic heterocycles. The number of imidazole rings is 1. The van der Waals surface area contributed by atoms with Crippen molar-refractivity contribution in [2.45, 2.75) is 6.92 Å². The number of anilines is 1. The highest BCUT2D eigenvalue weighted by molar-refractivity contribution is 5.60. The second-order valence-electron chi connectivity index (χ2n) is 3.05. The molecule has 13 heavy (non-hydrogen) atoms. The number of benzene rings is 1. The molecule has 1 heterocycles. The van der Waals surface area contributed by atoms with Gasteiger partial charge in [0.2, 0.25) is 0 Å². The average molecular weight is 173 g/mol. The van der Waals surface area contributed by atoms with Gasteiger partial charge >= 0.3 is 0 Å². The number of nitrogens with zero attached hydrogens (tertiary/aromatic N) is 1. The lowest BCUT2D eigenvalue weighted by Crippen LogP contribution is -1.85. The molecule has 2 aromatic rings. The maximum absolute atomic E-state index is 5.48. The molecule has 0 spiro atoms. The van der Waals surface area contributed by atoms with Crippen molar-refractivity contribution < 1.29 is 0 Å². The Bertz CT molecular complexity index is 400. The summed E-state index contributed by atoms with van der Waals surface area (Å²) < 4.78 is 0. The number of aromatic nitrogens is 2. The van der Waals surface area contributed by atoms with Crippen molar-refractivity contribution in [3.8, 4) is 11.3 Å². The van der Waals surface area contributed by atoms with Crippen molar-refractivity contribution in [1.29, 1.82) is 0 Å². The molecule has 0 aliphatic heterocycles. The Morgan fingerprint density at radius 1 is 1.23 bits per heavy atom. The highest BCUT2D eigenvalue weighted by Crippen LogP contribution is 2.17. The minimum Gasteiger partial charge on any atom is -0.369 e. The molecule has 0 fully saturated rings.